The topological polar surface area (TPSA) is 72.5 Å². The molecule has 152 valence electrons. The van der Waals surface area contributed by atoms with Gasteiger partial charge >= 0.3 is 0 Å². The Hall–Kier alpha value is -2.91. The van der Waals surface area contributed by atoms with Crippen LogP contribution in [0.15, 0.2) is 29.1 Å². The highest BCUT2D eigenvalue weighted by atomic mass is 32.9. The number of fused-ring (bicyclic) bond motifs is 1. The first-order chi connectivity index (χ1) is 14.1. The lowest BCUT2D eigenvalue weighted by Crippen LogP contribution is -1.99. The van der Waals surface area contributed by atoms with E-state index in [4.69, 9.17) is 28.4 Å². The lowest BCUT2D eigenvalue weighted by atomic mass is 10.0. The molecule has 2 aromatic carbocycles. The van der Waals surface area contributed by atoms with Crippen molar-refractivity contribution in [1.82, 2.24) is 0 Å². The van der Waals surface area contributed by atoms with Crippen LogP contribution in [0.3, 0.4) is 0 Å². The summed E-state index contributed by atoms with van der Waals surface area (Å²) in [7, 11) is 8.76. The predicted octanol–water partition coefficient (Wildman–Crippen LogP) is 4.27. The molecule has 0 unspecified atom stereocenters. The smallest absolute Gasteiger partial charge is 0.251 e. The van der Waals surface area contributed by atoms with Crippen LogP contribution in [0.4, 0.5) is 0 Å². The van der Waals surface area contributed by atoms with Gasteiger partial charge in [0.15, 0.2) is 23.0 Å². The molecule has 9 heteroatoms. The summed E-state index contributed by atoms with van der Waals surface area (Å²) in [6, 6.07) is 7.22. The van der Waals surface area contributed by atoms with Gasteiger partial charge in [0.25, 0.3) is 4.74 Å². The van der Waals surface area contributed by atoms with E-state index in [1.165, 1.54) is 10.3 Å². The molecule has 0 fully saturated rings. The summed E-state index contributed by atoms with van der Waals surface area (Å²) in [4.78, 5) is 13.6. The molecule has 0 spiro atoms. The van der Waals surface area contributed by atoms with Crippen LogP contribution in [-0.4, -0.2) is 35.2 Å². The highest BCUT2D eigenvalue weighted by Gasteiger charge is 2.28. The average molecular weight is 434 g/mol. The highest BCUT2D eigenvalue weighted by molar-refractivity contribution is 7.70. The zero-order valence-electron chi connectivity index (χ0n) is 16.2. The van der Waals surface area contributed by atoms with Gasteiger partial charge in [-0.25, -0.2) is 0 Å². The molecule has 29 heavy (non-hydrogen) atoms. The van der Waals surface area contributed by atoms with Crippen molar-refractivity contribution in [3.63, 3.8) is 0 Å². The third-order valence-electron chi connectivity index (χ3n) is 4.53. The number of rotatable bonds is 6. The number of ether oxygens (including phenoxy) is 6. The van der Waals surface area contributed by atoms with Gasteiger partial charge in [-0.1, -0.05) is 10.3 Å². The zero-order chi connectivity index (χ0) is 20.5. The second kappa shape index (κ2) is 7.84. The molecule has 0 radical (unpaired) electrons. The van der Waals surface area contributed by atoms with Gasteiger partial charge in [-0.05, 0) is 34.6 Å². The van der Waals surface area contributed by atoms with Crippen molar-refractivity contribution in [3.8, 4) is 56.1 Å². The van der Waals surface area contributed by atoms with E-state index in [2.05, 4.69) is 0 Å². The molecule has 0 saturated heterocycles. The fraction of sp³-hybridized carbons (Fsp3) is 0.250. The fourth-order valence-corrected chi connectivity index (χ4v) is 5.51. The van der Waals surface area contributed by atoms with E-state index in [9.17, 15) is 4.79 Å². The van der Waals surface area contributed by atoms with E-state index in [1.807, 2.05) is 18.2 Å². The average Bonchev–Trinajstić information content (AvgIpc) is 3.39. The third-order valence-corrected chi connectivity index (χ3v) is 6.78. The largest absolute Gasteiger partial charge is 0.493 e. The summed E-state index contributed by atoms with van der Waals surface area (Å²) in [5.41, 5.74) is 1.98. The molecule has 3 aromatic rings. The number of methoxy groups -OCH3 is 4. The second-order valence-corrected chi connectivity index (χ2v) is 8.06. The summed E-state index contributed by atoms with van der Waals surface area (Å²) >= 11 is 0. The Morgan fingerprint density at radius 3 is 2.10 bits per heavy atom. The van der Waals surface area contributed by atoms with Gasteiger partial charge in [0.2, 0.25) is 18.3 Å². The number of benzene rings is 2. The van der Waals surface area contributed by atoms with Gasteiger partial charge in [0, 0.05) is 11.1 Å². The summed E-state index contributed by atoms with van der Waals surface area (Å²) in [5.74, 6) is 3.07. The molecule has 4 rings (SSSR count). The summed E-state index contributed by atoms with van der Waals surface area (Å²) in [5, 5.41) is 0. The molecule has 0 bridgehead atoms. The molecule has 1 aliphatic heterocycles. The molecular formula is C20H18O7S2. The maximum atomic E-state index is 12.8. The minimum absolute atomic E-state index is 0.0679. The SMILES string of the molecule is COc1cc(-c2ssc(=O)c2-c2ccc(OC)c3c2OCO3)cc(OC)c1OC. The lowest BCUT2D eigenvalue weighted by molar-refractivity contribution is 0.171. The summed E-state index contributed by atoms with van der Waals surface area (Å²) < 4.78 is 32.8. The van der Waals surface area contributed by atoms with Crippen LogP contribution in [0.5, 0.6) is 34.5 Å². The molecule has 0 aliphatic carbocycles. The molecule has 1 aliphatic rings. The minimum Gasteiger partial charge on any atom is -0.493 e. The Labute approximate surface area is 174 Å². The van der Waals surface area contributed by atoms with Crippen LogP contribution in [0.1, 0.15) is 0 Å². The molecule has 0 saturated carbocycles. The van der Waals surface area contributed by atoms with Crippen LogP contribution in [0.25, 0.3) is 21.6 Å². The first-order valence-electron chi connectivity index (χ1n) is 8.53. The van der Waals surface area contributed by atoms with Crippen molar-refractivity contribution in [1.29, 1.82) is 0 Å². The minimum atomic E-state index is -0.0679. The second-order valence-electron chi connectivity index (χ2n) is 5.95. The van der Waals surface area contributed by atoms with Crippen LogP contribution in [0.2, 0.25) is 0 Å². The lowest BCUT2D eigenvalue weighted by Gasteiger charge is -2.14. The van der Waals surface area contributed by atoms with E-state index in [1.54, 1.807) is 34.5 Å². The van der Waals surface area contributed by atoms with E-state index in [-0.39, 0.29) is 11.5 Å². The molecule has 1 aromatic heterocycles. The standard InChI is InChI=1S/C20H18O7S2/c1-22-12-6-5-11(16-18(12)27-9-26-16)15-19(28-29-20(15)21)10-7-13(23-2)17(25-4)14(8-10)24-3/h5-8H,9H2,1-4H3. The van der Waals surface area contributed by atoms with Crippen molar-refractivity contribution in [2.24, 2.45) is 0 Å². The summed E-state index contributed by atoms with van der Waals surface area (Å²) in [6.07, 6.45) is 0. The van der Waals surface area contributed by atoms with E-state index in [0.29, 0.717) is 45.6 Å². The number of hydrogen-bond acceptors (Lipinski definition) is 9. The van der Waals surface area contributed by atoms with Gasteiger partial charge in [0.1, 0.15) is 0 Å². The van der Waals surface area contributed by atoms with Crippen molar-refractivity contribution >= 4 is 20.7 Å². The van der Waals surface area contributed by atoms with Gasteiger partial charge in [0.05, 0.1) is 38.9 Å². The van der Waals surface area contributed by atoms with Crippen LogP contribution in [-0.2, 0) is 0 Å². The fourth-order valence-electron chi connectivity index (χ4n) is 3.22. The molecule has 0 atom stereocenters. The van der Waals surface area contributed by atoms with Crippen molar-refractivity contribution < 1.29 is 28.4 Å². The highest BCUT2D eigenvalue weighted by Crippen LogP contribution is 2.51. The molecular weight excluding hydrogens is 416 g/mol. The maximum Gasteiger partial charge on any atom is 0.251 e. The van der Waals surface area contributed by atoms with Gasteiger partial charge < -0.3 is 28.4 Å². The van der Waals surface area contributed by atoms with Gasteiger partial charge in [-0.2, -0.15) is 0 Å². The molecule has 0 N–H and O–H groups in total. The molecule has 0 amide bonds. The Kier molecular flexibility index (Phi) is 5.25. The molecule has 2 heterocycles. The Balaban J connectivity index is 1.94. The molecule has 7 nitrogen and oxygen atoms in total. The third kappa shape index (κ3) is 3.16. The predicted molar refractivity (Wildman–Crippen MR) is 112 cm³/mol. The first kappa shape index (κ1) is 19.4. The number of hydrogen-bond donors (Lipinski definition) is 0. The van der Waals surface area contributed by atoms with Crippen molar-refractivity contribution in [2.75, 3.05) is 35.2 Å². The van der Waals surface area contributed by atoms with Gasteiger partial charge in [-0.15, -0.1) is 0 Å². The maximum absolute atomic E-state index is 12.8. The quantitative estimate of drug-likeness (QED) is 0.537. The zero-order valence-corrected chi connectivity index (χ0v) is 17.8. The van der Waals surface area contributed by atoms with Crippen molar-refractivity contribution in [2.45, 2.75) is 0 Å². The van der Waals surface area contributed by atoms with Crippen molar-refractivity contribution in [3.05, 3.63) is 33.8 Å². The Morgan fingerprint density at radius 2 is 1.48 bits per heavy atom. The normalized spacial score (nSPS) is 12.0. The van der Waals surface area contributed by atoms with E-state index in [0.717, 1.165) is 20.8 Å². The van der Waals surface area contributed by atoms with Crippen LogP contribution in [0, 0.1) is 0 Å². The van der Waals surface area contributed by atoms with E-state index < -0.39 is 0 Å². The van der Waals surface area contributed by atoms with Crippen LogP contribution < -0.4 is 33.2 Å². The monoisotopic (exact) mass is 434 g/mol. The summed E-state index contributed by atoms with van der Waals surface area (Å²) in [6.45, 7) is 0.0734. The van der Waals surface area contributed by atoms with Crippen LogP contribution >= 0.6 is 20.7 Å². The Bertz CT molecular complexity index is 1090. The Morgan fingerprint density at radius 1 is 0.828 bits per heavy atom. The first-order valence-corrected chi connectivity index (χ1v) is 10.7. The van der Waals surface area contributed by atoms with E-state index >= 15 is 0 Å². The van der Waals surface area contributed by atoms with Gasteiger partial charge in [-0.3, -0.25) is 4.79 Å².